The molecule has 0 saturated carbocycles. The maximum atomic E-state index is 12.8. The van der Waals surface area contributed by atoms with Crippen LogP contribution in [0.3, 0.4) is 0 Å². The molecule has 0 aromatic heterocycles. The summed E-state index contributed by atoms with van der Waals surface area (Å²) in [6, 6.07) is 20.6. The highest BCUT2D eigenvalue weighted by atomic mass is 32.2. The number of rotatable bonds is 6. The van der Waals surface area contributed by atoms with E-state index in [1.54, 1.807) is 24.3 Å². The molecule has 3 aromatic rings. The molecule has 0 unspecified atom stereocenters. The van der Waals surface area contributed by atoms with Crippen LogP contribution >= 0.6 is 11.8 Å². The van der Waals surface area contributed by atoms with E-state index in [4.69, 9.17) is 0 Å². The van der Waals surface area contributed by atoms with Crippen LogP contribution in [0.2, 0.25) is 0 Å². The van der Waals surface area contributed by atoms with E-state index >= 15 is 0 Å². The van der Waals surface area contributed by atoms with Gasteiger partial charge < -0.3 is 10.6 Å². The molecule has 0 radical (unpaired) electrons. The van der Waals surface area contributed by atoms with Gasteiger partial charge in [-0.25, -0.2) is 0 Å². The summed E-state index contributed by atoms with van der Waals surface area (Å²) in [5.41, 5.74) is 4.87. The quantitative estimate of drug-likeness (QED) is 0.577. The van der Waals surface area contributed by atoms with Crippen LogP contribution in [0.4, 0.5) is 5.69 Å². The Morgan fingerprint density at radius 3 is 2.23 bits per heavy atom. The zero-order valence-corrected chi connectivity index (χ0v) is 18.5. The lowest BCUT2D eigenvalue weighted by Gasteiger charge is -2.14. The van der Waals surface area contributed by atoms with Crippen molar-refractivity contribution in [3.05, 3.63) is 88.5 Å². The normalized spacial score (nSPS) is 10.3. The van der Waals surface area contributed by atoms with E-state index in [0.29, 0.717) is 16.0 Å². The molecule has 3 rings (SSSR count). The van der Waals surface area contributed by atoms with Crippen molar-refractivity contribution < 1.29 is 9.59 Å². The number of carbonyl (C=O) groups is 2. The van der Waals surface area contributed by atoms with Crippen molar-refractivity contribution in [3.8, 4) is 6.07 Å². The molecule has 0 heterocycles. The first kappa shape index (κ1) is 22.1. The monoisotopic (exact) mass is 429 g/mol. The van der Waals surface area contributed by atoms with Crippen LogP contribution in [0.1, 0.15) is 32.6 Å². The van der Waals surface area contributed by atoms with Gasteiger partial charge in [-0.2, -0.15) is 5.26 Å². The minimum Gasteiger partial charge on any atom is -0.343 e. The third-order valence-electron chi connectivity index (χ3n) is 4.71. The Morgan fingerprint density at radius 1 is 0.935 bits per heavy atom. The number of nitriles is 1. The topological polar surface area (TPSA) is 82.0 Å². The minimum absolute atomic E-state index is 0.140. The summed E-state index contributed by atoms with van der Waals surface area (Å²) >= 11 is 1.35. The van der Waals surface area contributed by atoms with E-state index in [0.717, 1.165) is 27.3 Å². The molecular weight excluding hydrogens is 406 g/mol. The van der Waals surface area contributed by atoms with Gasteiger partial charge in [-0.05, 0) is 56.2 Å². The van der Waals surface area contributed by atoms with Gasteiger partial charge in [0.2, 0.25) is 5.91 Å². The lowest BCUT2D eigenvalue weighted by Crippen LogP contribution is -2.33. The second-order valence-electron chi connectivity index (χ2n) is 7.21. The van der Waals surface area contributed by atoms with Gasteiger partial charge in [0.05, 0.1) is 17.7 Å². The Kier molecular flexibility index (Phi) is 7.11. The Hall–Kier alpha value is -3.56. The van der Waals surface area contributed by atoms with E-state index in [9.17, 15) is 14.9 Å². The lowest BCUT2D eigenvalue weighted by atomic mass is 10.1. The smallest absolute Gasteiger partial charge is 0.252 e. The number of carbonyl (C=O) groups excluding carboxylic acids is 2. The standard InChI is InChI=1S/C25H23N3O2S/c1-16-12-17(2)24(18(3)13-16)28-23(29)15-27-25(30)20-9-5-7-11-22(20)31-21-10-6-4-8-19(21)14-26/h4-13H,15H2,1-3H3,(H,27,30)(H,28,29). The number of amides is 2. The predicted molar refractivity (Wildman–Crippen MR) is 123 cm³/mol. The van der Waals surface area contributed by atoms with Crippen LogP contribution < -0.4 is 10.6 Å². The number of nitrogens with one attached hydrogen (secondary N) is 2. The van der Waals surface area contributed by atoms with Gasteiger partial charge in [-0.3, -0.25) is 9.59 Å². The molecule has 0 spiro atoms. The molecule has 0 aliphatic carbocycles. The highest BCUT2D eigenvalue weighted by molar-refractivity contribution is 7.99. The average Bonchev–Trinajstić information content (AvgIpc) is 2.75. The fourth-order valence-electron chi connectivity index (χ4n) is 3.33. The third kappa shape index (κ3) is 5.53. The molecule has 0 fully saturated rings. The fraction of sp³-hybridized carbons (Fsp3) is 0.160. The van der Waals surface area contributed by atoms with E-state index in [-0.39, 0.29) is 18.4 Å². The van der Waals surface area contributed by atoms with E-state index in [1.807, 2.05) is 57.2 Å². The first-order chi connectivity index (χ1) is 14.9. The number of benzene rings is 3. The van der Waals surface area contributed by atoms with Crippen LogP contribution in [0, 0.1) is 32.1 Å². The molecule has 0 saturated heterocycles. The molecule has 31 heavy (non-hydrogen) atoms. The predicted octanol–water partition coefficient (Wildman–Crippen LogP) is 5.00. The maximum absolute atomic E-state index is 12.8. The number of hydrogen-bond donors (Lipinski definition) is 2. The fourth-order valence-corrected chi connectivity index (χ4v) is 4.35. The zero-order valence-electron chi connectivity index (χ0n) is 17.7. The van der Waals surface area contributed by atoms with E-state index in [1.165, 1.54) is 11.8 Å². The van der Waals surface area contributed by atoms with Crippen molar-refractivity contribution in [1.29, 1.82) is 5.26 Å². The van der Waals surface area contributed by atoms with Crippen molar-refractivity contribution in [3.63, 3.8) is 0 Å². The molecule has 6 heteroatoms. The Bertz CT molecular complexity index is 1160. The van der Waals surface area contributed by atoms with Crippen LogP contribution in [0.15, 0.2) is 70.5 Å². The van der Waals surface area contributed by atoms with Crippen molar-refractivity contribution in [1.82, 2.24) is 5.32 Å². The van der Waals surface area contributed by atoms with Crippen LogP contribution in [-0.2, 0) is 4.79 Å². The van der Waals surface area contributed by atoms with Crippen LogP contribution in [0.5, 0.6) is 0 Å². The zero-order chi connectivity index (χ0) is 22.4. The summed E-state index contributed by atoms with van der Waals surface area (Å²) in [6.45, 7) is 5.76. The molecule has 3 aromatic carbocycles. The van der Waals surface area contributed by atoms with Crippen molar-refractivity contribution >= 4 is 29.3 Å². The summed E-state index contributed by atoms with van der Waals surface area (Å²) in [5, 5.41) is 14.9. The molecule has 2 N–H and O–H groups in total. The van der Waals surface area contributed by atoms with E-state index in [2.05, 4.69) is 16.7 Å². The van der Waals surface area contributed by atoms with Gasteiger partial charge in [0, 0.05) is 15.5 Å². The second kappa shape index (κ2) is 9.96. The summed E-state index contributed by atoms with van der Waals surface area (Å²) in [4.78, 5) is 26.7. The summed E-state index contributed by atoms with van der Waals surface area (Å²) in [7, 11) is 0. The Morgan fingerprint density at radius 2 is 1.55 bits per heavy atom. The molecule has 0 bridgehead atoms. The summed E-state index contributed by atoms with van der Waals surface area (Å²) < 4.78 is 0. The first-order valence-electron chi connectivity index (χ1n) is 9.81. The van der Waals surface area contributed by atoms with E-state index < -0.39 is 0 Å². The van der Waals surface area contributed by atoms with Gasteiger partial charge in [0.1, 0.15) is 6.07 Å². The van der Waals surface area contributed by atoms with Gasteiger partial charge in [0.25, 0.3) is 5.91 Å². The molecule has 0 aliphatic heterocycles. The van der Waals surface area contributed by atoms with Crippen molar-refractivity contribution in [2.24, 2.45) is 0 Å². The average molecular weight is 430 g/mol. The molecule has 5 nitrogen and oxygen atoms in total. The van der Waals surface area contributed by atoms with Gasteiger partial charge in [-0.15, -0.1) is 0 Å². The molecule has 0 atom stereocenters. The summed E-state index contributed by atoms with van der Waals surface area (Å²) in [5.74, 6) is -0.631. The molecule has 2 amide bonds. The lowest BCUT2D eigenvalue weighted by molar-refractivity contribution is -0.115. The number of hydrogen-bond acceptors (Lipinski definition) is 4. The third-order valence-corrected chi connectivity index (χ3v) is 5.86. The van der Waals surface area contributed by atoms with Gasteiger partial charge >= 0.3 is 0 Å². The molecular formula is C25H23N3O2S. The SMILES string of the molecule is Cc1cc(C)c(NC(=O)CNC(=O)c2ccccc2Sc2ccccc2C#N)c(C)c1. The first-order valence-corrected chi connectivity index (χ1v) is 10.6. The highest BCUT2D eigenvalue weighted by Crippen LogP contribution is 2.32. The summed E-state index contributed by atoms with van der Waals surface area (Å²) in [6.07, 6.45) is 0. The highest BCUT2D eigenvalue weighted by Gasteiger charge is 2.15. The van der Waals surface area contributed by atoms with Crippen molar-refractivity contribution in [2.75, 3.05) is 11.9 Å². The second-order valence-corrected chi connectivity index (χ2v) is 8.29. The van der Waals surface area contributed by atoms with Gasteiger partial charge in [-0.1, -0.05) is 53.7 Å². The minimum atomic E-state index is -0.343. The Balaban J connectivity index is 1.69. The molecule has 0 aliphatic rings. The maximum Gasteiger partial charge on any atom is 0.252 e. The Labute approximate surface area is 186 Å². The largest absolute Gasteiger partial charge is 0.343 e. The number of anilines is 1. The molecule has 156 valence electrons. The number of aryl methyl sites for hydroxylation is 3. The van der Waals surface area contributed by atoms with Crippen molar-refractivity contribution in [2.45, 2.75) is 30.6 Å². The van der Waals surface area contributed by atoms with Gasteiger partial charge in [0.15, 0.2) is 0 Å². The van der Waals surface area contributed by atoms with Crippen LogP contribution in [-0.4, -0.2) is 18.4 Å². The number of nitrogens with zero attached hydrogens (tertiary/aromatic N) is 1. The van der Waals surface area contributed by atoms with Crippen LogP contribution in [0.25, 0.3) is 0 Å².